The number of aromatic hydroxyl groups is 2. The molecule has 25 heavy (non-hydrogen) atoms. The summed E-state index contributed by atoms with van der Waals surface area (Å²) in [7, 11) is 0. The van der Waals surface area contributed by atoms with Crippen LogP contribution in [0.1, 0.15) is 11.1 Å². The zero-order valence-corrected chi connectivity index (χ0v) is 17.2. The molecule has 126 valence electrons. The molecule has 2 aromatic carbocycles. The van der Waals surface area contributed by atoms with Crippen molar-refractivity contribution in [1.29, 1.82) is 0 Å². The van der Waals surface area contributed by atoms with Crippen LogP contribution < -0.4 is 0 Å². The Balaban J connectivity index is 0.000000443. The average molecular weight is 388 g/mol. The van der Waals surface area contributed by atoms with E-state index in [1.54, 1.807) is 48.8 Å². The van der Waals surface area contributed by atoms with E-state index in [0.29, 0.717) is 13.1 Å². The molecule has 0 fully saturated rings. The Morgan fingerprint density at radius 1 is 0.720 bits per heavy atom. The first kappa shape index (κ1) is 22.5. The van der Waals surface area contributed by atoms with Crippen LogP contribution in [0.15, 0.2) is 83.8 Å². The number of aliphatic imine (C=N–C) groups is 2. The molecule has 0 unspecified atom stereocenters. The first-order valence-electron chi connectivity index (χ1n) is 7.46. The van der Waals surface area contributed by atoms with Crippen LogP contribution in [0.5, 0.6) is 11.5 Å². The Morgan fingerprint density at radius 3 is 1.40 bits per heavy atom. The van der Waals surface area contributed by atoms with Crippen LogP contribution in [0, 0.1) is 0 Å². The second-order valence-corrected chi connectivity index (χ2v) is 4.68. The van der Waals surface area contributed by atoms with Crippen LogP contribution in [0.25, 0.3) is 0 Å². The molecule has 0 heterocycles. The van der Waals surface area contributed by atoms with Crippen LogP contribution in [0.2, 0.25) is 0 Å². The van der Waals surface area contributed by atoms with E-state index >= 15 is 0 Å². The molecule has 2 N–H and O–H groups in total. The molecule has 2 aromatic rings. The van der Waals surface area contributed by atoms with Crippen molar-refractivity contribution < 1.29 is 29.7 Å². The van der Waals surface area contributed by atoms with Crippen molar-refractivity contribution >= 4 is 12.4 Å². The molecule has 0 radical (unpaired) electrons. The van der Waals surface area contributed by atoms with Gasteiger partial charge in [-0.25, -0.2) is 0 Å². The van der Waals surface area contributed by atoms with Crippen LogP contribution in [-0.4, -0.2) is 35.7 Å². The van der Waals surface area contributed by atoms with Gasteiger partial charge in [-0.3, -0.25) is 9.98 Å². The van der Waals surface area contributed by atoms with Crippen LogP contribution in [0.3, 0.4) is 0 Å². The summed E-state index contributed by atoms with van der Waals surface area (Å²) in [5, 5.41) is 18.6. The van der Waals surface area contributed by atoms with Gasteiger partial charge in [0.2, 0.25) is 0 Å². The molecule has 5 heteroatoms. The third-order valence-electron chi connectivity index (χ3n) is 2.80. The Labute approximate surface area is 161 Å². The van der Waals surface area contributed by atoms with Gasteiger partial charge in [0.05, 0.1) is 13.1 Å². The van der Waals surface area contributed by atoms with Crippen molar-refractivity contribution in [2.24, 2.45) is 9.98 Å². The van der Waals surface area contributed by atoms with Gasteiger partial charge in [-0.15, -0.1) is 13.2 Å². The third-order valence-corrected chi connectivity index (χ3v) is 2.80. The number of phenols is 2. The van der Waals surface area contributed by atoms with E-state index in [0.717, 1.165) is 11.1 Å². The summed E-state index contributed by atoms with van der Waals surface area (Å²) >= 11 is 0. The minimum absolute atomic E-state index is 0. The van der Waals surface area contributed by atoms with Crippen LogP contribution >= 0.6 is 0 Å². The fourth-order valence-electron chi connectivity index (χ4n) is 1.64. The zero-order valence-electron chi connectivity index (χ0n) is 14.3. The molecule has 0 spiro atoms. The zero-order chi connectivity index (χ0) is 17.6. The number of hydrogen-bond donors (Lipinski definition) is 2. The molecule has 0 aliphatic carbocycles. The number of nitrogens with zero attached hydrogens (tertiary/aromatic N) is 2. The predicted molar refractivity (Wildman–Crippen MR) is 102 cm³/mol. The van der Waals surface area contributed by atoms with Gasteiger partial charge in [-0.1, -0.05) is 36.4 Å². The summed E-state index contributed by atoms with van der Waals surface area (Å²) in [4.78, 5) is 8.04. The molecule has 0 amide bonds. The first-order chi connectivity index (χ1) is 11.7. The summed E-state index contributed by atoms with van der Waals surface area (Å²) in [5.41, 5.74) is 1.47. The van der Waals surface area contributed by atoms with Crippen molar-refractivity contribution in [1.82, 2.24) is 0 Å². The van der Waals surface area contributed by atoms with Gasteiger partial charge in [-0.2, -0.15) is 0 Å². The van der Waals surface area contributed by atoms with Gasteiger partial charge < -0.3 is 10.2 Å². The molecule has 0 aliphatic rings. The van der Waals surface area contributed by atoms with E-state index < -0.39 is 0 Å². The third kappa shape index (κ3) is 9.38. The summed E-state index contributed by atoms with van der Waals surface area (Å²) in [6.45, 7) is 8.23. The minimum Gasteiger partial charge on any atom is -0.507 e. The number of para-hydroxylation sites is 2. The van der Waals surface area contributed by atoms with Crippen molar-refractivity contribution in [2.45, 2.75) is 0 Å². The van der Waals surface area contributed by atoms with E-state index in [-0.39, 0.29) is 31.0 Å². The molecule has 0 saturated carbocycles. The number of phenolic OH excluding ortho intramolecular Hbond substituents is 2. The summed E-state index contributed by atoms with van der Waals surface area (Å²) in [6, 6.07) is 14.2. The predicted octanol–water partition coefficient (Wildman–Crippen LogP) is 3.99. The molecular formula is C20H22N2O2Zn. The van der Waals surface area contributed by atoms with Crippen molar-refractivity contribution in [3.8, 4) is 11.5 Å². The maximum absolute atomic E-state index is 9.29. The quantitative estimate of drug-likeness (QED) is 0.447. The van der Waals surface area contributed by atoms with E-state index in [1.165, 1.54) is 0 Å². The normalized spacial score (nSPS) is 9.92. The largest absolute Gasteiger partial charge is 0.507 e. The molecule has 0 aromatic heterocycles. The van der Waals surface area contributed by atoms with E-state index in [4.69, 9.17) is 0 Å². The van der Waals surface area contributed by atoms with Gasteiger partial charge in [-0.05, 0) is 24.3 Å². The van der Waals surface area contributed by atoms with Crippen molar-refractivity contribution in [3.63, 3.8) is 0 Å². The fraction of sp³-hybridized carbons (Fsp3) is 0.100. The van der Waals surface area contributed by atoms with Gasteiger partial charge >= 0.3 is 0 Å². The monoisotopic (exact) mass is 386 g/mol. The molecule has 4 nitrogen and oxygen atoms in total. The van der Waals surface area contributed by atoms with Crippen LogP contribution in [0.4, 0.5) is 0 Å². The molecule has 0 aliphatic heterocycles. The van der Waals surface area contributed by atoms with Gasteiger partial charge in [0.25, 0.3) is 0 Å². The van der Waals surface area contributed by atoms with E-state index in [1.807, 2.05) is 24.3 Å². The topological polar surface area (TPSA) is 65.2 Å². The molecular weight excluding hydrogens is 366 g/mol. The Hall–Kier alpha value is -2.52. The summed E-state index contributed by atoms with van der Waals surface area (Å²) in [6.07, 6.45) is 6.68. The fourth-order valence-corrected chi connectivity index (χ4v) is 1.64. The summed E-state index contributed by atoms with van der Waals surface area (Å²) < 4.78 is 0. The first-order valence-corrected chi connectivity index (χ1v) is 7.46. The van der Waals surface area contributed by atoms with Crippen molar-refractivity contribution in [2.75, 3.05) is 13.1 Å². The number of benzene rings is 2. The van der Waals surface area contributed by atoms with Crippen LogP contribution in [-0.2, 0) is 19.5 Å². The maximum atomic E-state index is 9.29. The second kappa shape index (κ2) is 13.9. The standard InChI is InChI=1S/2C10H11NO.Zn/c2*1-2-7-11-8-9-5-3-4-6-10(9)12;/h2*2-6,8,12H,1,7H2;. The maximum Gasteiger partial charge on any atom is 0.124 e. The number of rotatable bonds is 6. The average Bonchev–Trinajstić information content (AvgIpc) is 2.59. The Morgan fingerprint density at radius 2 is 1.08 bits per heavy atom. The Kier molecular flexibility index (Phi) is 12.5. The van der Waals surface area contributed by atoms with Gasteiger partial charge in [0.15, 0.2) is 0 Å². The van der Waals surface area contributed by atoms with Gasteiger partial charge in [0.1, 0.15) is 11.5 Å². The van der Waals surface area contributed by atoms with Crippen molar-refractivity contribution in [3.05, 3.63) is 85.0 Å². The second-order valence-electron chi connectivity index (χ2n) is 4.68. The van der Waals surface area contributed by atoms with Gasteiger partial charge in [0, 0.05) is 43.0 Å². The SMILES string of the molecule is C=CCN=Cc1ccccc1O.C=CCN=Cc1ccccc1O.[Zn]. The summed E-state index contributed by atoms with van der Waals surface area (Å²) in [5.74, 6) is 0.510. The molecule has 0 atom stereocenters. The molecule has 0 bridgehead atoms. The molecule has 0 saturated heterocycles. The van der Waals surface area contributed by atoms with E-state index in [2.05, 4.69) is 23.1 Å². The smallest absolute Gasteiger partial charge is 0.124 e. The number of hydrogen-bond acceptors (Lipinski definition) is 4. The molecule has 2 rings (SSSR count). The minimum atomic E-state index is 0. The van der Waals surface area contributed by atoms with E-state index in [9.17, 15) is 10.2 Å². The Bertz CT molecular complexity index is 651.